The quantitative estimate of drug-likeness (QED) is 0.535. The maximum atomic E-state index is 5.26. The zero-order valence-electron chi connectivity index (χ0n) is 7.83. The molecule has 4 N–H and O–H groups in total. The Morgan fingerprint density at radius 1 is 1.23 bits per heavy atom. The first-order valence-corrected chi connectivity index (χ1v) is 4.36. The number of aryl methyl sites for hydroxylation is 1. The molecule has 0 spiro atoms. The molecule has 3 nitrogen and oxygen atoms in total. The van der Waals surface area contributed by atoms with E-state index < -0.39 is 0 Å². The predicted octanol–water partition coefficient (Wildman–Crippen LogP) is 1.02. The van der Waals surface area contributed by atoms with Crippen LogP contribution in [0.3, 0.4) is 0 Å². The molecule has 0 aliphatic heterocycles. The Kier molecular flexibility index (Phi) is 3.31. The van der Waals surface area contributed by atoms with E-state index in [4.69, 9.17) is 11.5 Å². The van der Waals surface area contributed by atoms with Gasteiger partial charge >= 0.3 is 0 Å². The molecule has 13 heavy (non-hydrogen) atoms. The van der Waals surface area contributed by atoms with Crippen LogP contribution in [0.1, 0.15) is 18.1 Å². The molecule has 0 fully saturated rings. The minimum absolute atomic E-state index is 0.144. The van der Waals surface area contributed by atoms with Crippen molar-refractivity contribution in [3.8, 4) is 0 Å². The first kappa shape index (κ1) is 9.58. The van der Waals surface area contributed by atoms with Crippen molar-refractivity contribution < 1.29 is 0 Å². The number of benzene rings is 1. The molecular formula is C10H15N3. The van der Waals surface area contributed by atoms with Crippen molar-refractivity contribution in [1.82, 2.24) is 0 Å². The first-order valence-electron chi connectivity index (χ1n) is 4.36. The number of nitrogens with zero attached hydrogens (tertiary/aromatic N) is 1. The molecule has 0 aliphatic rings. The summed E-state index contributed by atoms with van der Waals surface area (Å²) < 4.78 is 0. The summed E-state index contributed by atoms with van der Waals surface area (Å²) in [6.07, 6.45) is 1.01. The van der Waals surface area contributed by atoms with Crippen molar-refractivity contribution in [3.63, 3.8) is 0 Å². The molecule has 3 heteroatoms. The molecule has 0 aliphatic carbocycles. The van der Waals surface area contributed by atoms with Crippen molar-refractivity contribution >= 4 is 5.96 Å². The summed E-state index contributed by atoms with van der Waals surface area (Å²) in [5, 5.41) is 0. The van der Waals surface area contributed by atoms with E-state index in [1.165, 1.54) is 11.1 Å². The summed E-state index contributed by atoms with van der Waals surface area (Å²) in [5.74, 6) is 0.144. The summed E-state index contributed by atoms with van der Waals surface area (Å²) in [4.78, 5) is 3.98. The summed E-state index contributed by atoms with van der Waals surface area (Å²) in [5.41, 5.74) is 13.0. The van der Waals surface area contributed by atoms with Gasteiger partial charge in [0.15, 0.2) is 5.96 Å². The summed E-state index contributed by atoms with van der Waals surface area (Å²) in [7, 11) is 0. The Morgan fingerprint density at radius 3 is 2.38 bits per heavy atom. The van der Waals surface area contributed by atoms with Crippen molar-refractivity contribution in [2.45, 2.75) is 19.9 Å². The molecule has 0 saturated heterocycles. The van der Waals surface area contributed by atoms with E-state index in [2.05, 4.69) is 18.0 Å². The molecule has 1 aromatic carbocycles. The molecule has 0 aromatic heterocycles. The number of nitrogens with two attached hydrogens (primary N) is 2. The average molecular weight is 177 g/mol. The molecular weight excluding hydrogens is 162 g/mol. The first-order chi connectivity index (χ1) is 6.24. The van der Waals surface area contributed by atoms with Gasteiger partial charge in [-0.1, -0.05) is 31.2 Å². The summed E-state index contributed by atoms with van der Waals surface area (Å²) in [6.45, 7) is 2.70. The van der Waals surface area contributed by atoms with Gasteiger partial charge in [-0.3, -0.25) is 0 Å². The number of hydrogen-bond acceptors (Lipinski definition) is 1. The van der Waals surface area contributed by atoms with Crippen LogP contribution < -0.4 is 11.5 Å². The zero-order valence-corrected chi connectivity index (χ0v) is 7.83. The third-order valence-corrected chi connectivity index (χ3v) is 1.93. The highest BCUT2D eigenvalue weighted by molar-refractivity contribution is 5.75. The molecule has 1 aromatic rings. The van der Waals surface area contributed by atoms with Crippen molar-refractivity contribution in [2.24, 2.45) is 16.5 Å². The van der Waals surface area contributed by atoms with Crippen LogP contribution in [0.4, 0.5) is 0 Å². The normalized spacial score (nSPS) is 9.62. The van der Waals surface area contributed by atoms with Crippen molar-refractivity contribution in [3.05, 3.63) is 35.4 Å². The Labute approximate surface area is 78.5 Å². The zero-order chi connectivity index (χ0) is 9.68. The Balaban J connectivity index is 2.81. The molecule has 0 bridgehead atoms. The molecule has 0 radical (unpaired) electrons. The maximum Gasteiger partial charge on any atom is 0.186 e. The van der Waals surface area contributed by atoms with Crippen LogP contribution in [0.25, 0.3) is 0 Å². The monoisotopic (exact) mass is 177 g/mol. The van der Waals surface area contributed by atoms with Crippen LogP contribution in [0.5, 0.6) is 0 Å². The van der Waals surface area contributed by atoms with Gasteiger partial charge in [-0.25, -0.2) is 4.99 Å². The molecule has 0 amide bonds. The van der Waals surface area contributed by atoms with E-state index in [-0.39, 0.29) is 5.96 Å². The number of hydrogen-bond donors (Lipinski definition) is 2. The van der Waals surface area contributed by atoms with Gasteiger partial charge in [0.2, 0.25) is 0 Å². The Hall–Kier alpha value is -1.51. The van der Waals surface area contributed by atoms with Gasteiger partial charge in [0.05, 0.1) is 6.54 Å². The molecule has 0 heterocycles. The highest BCUT2D eigenvalue weighted by atomic mass is 15.0. The molecule has 0 unspecified atom stereocenters. The molecule has 0 saturated carbocycles. The molecule has 1 rings (SSSR count). The number of rotatable bonds is 3. The van der Waals surface area contributed by atoms with Crippen LogP contribution in [0, 0.1) is 0 Å². The van der Waals surface area contributed by atoms with Gasteiger partial charge in [-0.15, -0.1) is 0 Å². The van der Waals surface area contributed by atoms with Gasteiger partial charge in [-0.05, 0) is 17.5 Å². The number of aliphatic imine (C=N–C) groups is 1. The van der Waals surface area contributed by atoms with Gasteiger partial charge in [0.1, 0.15) is 0 Å². The van der Waals surface area contributed by atoms with Crippen LogP contribution in [-0.2, 0) is 13.0 Å². The lowest BCUT2D eigenvalue weighted by atomic mass is 10.1. The van der Waals surface area contributed by atoms with E-state index in [0.717, 1.165) is 6.42 Å². The van der Waals surface area contributed by atoms with Gasteiger partial charge in [0.25, 0.3) is 0 Å². The fraction of sp³-hybridized carbons (Fsp3) is 0.300. The Bertz CT molecular complexity index is 301. The van der Waals surface area contributed by atoms with Crippen LogP contribution in [0.15, 0.2) is 29.3 Å². The lowest BCUT2D eigenvalue weighted by Crippen LogP contribution is -2.22. The van der Waals surface area contributed by atoms with E-state index >= 15 is 0 Å². The van der Waals surface area contributed by atoms with E-state index in [0.29, 0.717) is 6.54 Å². The van der Waals surface area contributed by atoms with Gasteiger partial charge in [0, 0.05) is 0 Å². The fourth-order valence-electron chi connectivity index (χ4n) is 1.23. The third kappa shape index (κ3) is 2.78. The summed E-state index contributed by atoms with van der Waals surface area (Å²) >= 11 is 0. The molecule has 70 valence electrons. The Morgan fingerprint density at radius 2 is 1.85 bits per heavy atom. The SMILES string of the molecule is CCc1ccccc1CN=C(N)N. The molecule has 0 atom stereocenters. The topological polar surface area (TPSA) is 64.4 Å². The van der Waals surface area contributed by atoms with Crippen molar-refractivity contribution in [2.75, 3.05) is 0 Å². The van der Waals surface area contributed by atoms with Gasteiger partial charge < -0.3 is 11.5 Å². The highest BCUT2D eigenvalue weighted by Crippen LogP contribution is 2.10. The lowest BCUT2D eigenvalue weighted by molar-refractivity contribution is 0.996. The second-order valence-electron chi connectivity index (χ2n) is 2.86. The average Bonchev–Trinajstić information content (AvgIpc) is 2.15. The largest absolute Gasteiger partial charge is 0.370 e. The summed E-state index contributed by atoms with van der Waals surface area (Å²) in [6, 6.07) is 8.16. The second-order valence-corrected chi connectivity index (χ2v) is 2.86. The third-order valence-electron chi connectivity index (χ3n) is 1.93. The predicted molar refractivity (Wildman–Crippen MR) is 55.3 cm³/mol. The van der Waals surface area contributed by atoms with Crippen LogP contribution >= 0.6 is 0 Å². The van der Waals surface area contributed by atoms with E-state index in [1.807, 2.05) is 18.2 Å². The smallest absolute Gasteiger partial charge is 0.186 e. The lowest BCUT2D eigenvalue weighted by Gasteiger charge is -2.03. The number of guanidine groups is 1. The van der Waals surface area contributed by atoms with Crippen molar-refractivity contribution in [1.29, 1.82) is 0 Å². The van der Waals surface area contributed by atoms with Gasteiger partial charge in [-0.2, -0.15) is 0 Å². The maximum absolute atomic E-state index is 5.26. The second kappa shape index (κ2) is 4.50. The minimum atomic E-state index is 0.144. The van der Waals surface area contributed by atoms with E-state index in [1.54, 1.807) is 0 Å². The van der Waals surface area contributed by atoms with Crippen LogP contribution in [0.2, 0.25) is 0 Å². The fourth-order valence-corrected chi connectivity index (χ4v) is 1.23. The van der Waals surface area contributed by atoms with Crippen LogP contribution in [-0.4, -0.2) is 5.96 Å². The van der Waals surface area contributed by atoms with E-state index in [9.17, 15) is 0 Å². The standard InChI is InChI=1S/C10H15N3/c1-2-8-5-3-4-6-9(8)7-13-10(11)12/h3-6H,2,7H2,1H3,(H4,11,12,13). The minimum Gasteiger partial charge on any atom is -0.370 e. The highest BCUT2D eigenvalue weighted by Gasteiger charge is 1.97.